The summed E-state index contributed by atoms with van der Waals surface area (Å²) in [4.78, 5) is 25.4. The second-order valence-corrected chi connectivity index (χ2v) is 4.47. The number of likely N-dealkylation sites (N-methyl/N-ethyl adjacent to an activating group) is 1. The molecule has 1 fully saturated rings. The van der Waals surface area contributed by atoms with Crippen molar-refractivity contribution in [2.75, 3.05) is 20.1 Å². The van der Waals surface area contributed by atoms with Gasteiger partial charge < -0.3 is 15.5 Å². The third-order valence-electron chi connectivity index (χ3n) is 3.21. The number of hydrogen-bond acceptors (Lipinski definition) is 3. The van der Waals surface area contributed by atoms with E-state index in [1.165, 1.54) is 0 Å². The van der Waals surface area contributed by atoms with Crippen LogP contribution in [0.5, 0.6) is 0 Å². The van der Waals surface area contributed by atoms with Crippen LogP contribution < -0.4 is 10.6 Å². The van der Waals surface area contributed by atoms with Crippen LogP contribution in [0.3, 0.4) is 0 Å². The Balaban J connectivity index is 2.61. The molecule has 0 saturated carbocycles. The van der Waals surface area contributed by atoms with E-state index >= 15 is 0 Å². The van der Waals surface area contributed by atoms with E-state index in [0.29, 0.717) is 6.54 Å². The summed E-state index contributed by atoms with van der Waals surface area (Å²) in [5.41, 5.74) is 0. The van der Waals surface area contributed by atoms with Crippen molar-refractivity contribution >= 4 is 11.8 Å². The highest BCUT2D eigenvalue weighted by molar-refractivity contribution is 5.89. The monoisotopic (exact) mass is 241 g/mol. The fourth-order valence-corrected chi connectivity index (χ4v) is 2.14. The van der Waals surface area contributed by atoms with Gasteiger partial charge in [0.25, 0.3) is 0 Å². The van der Waals surface area contributed by atoms with E-state index in [9.17, 15) is 9.59 Å². The van der Waals surface area contributed by atoms with Crippen LogP contribution >= 0.6 is 0 Å². The molecule has 5 nitrogen and oxygen atoms in total. The van der Waals surface area contributed by atoms with Gasteiger partial charge in [0.15, 0.2) is 0 Å². The van der Waals surface area contributed by atoms with E-state index in [0.717, 1.165) is 25.8 Å². The molecular weight excluding hydrogens is 218 g/mol. The highest BCUT2D eigenvalue weighted by Crippen LogP contribution is 2.14. The first-order chi connectivity index (χ1) is 8.11. The van der Waals surface area contributed by atoms with Crippen molar-refractivity contribution in [3.8, 4) is 0 Å². The van der Waals surface area contributed by atoms with Gasteiger partial charge in [0, 0.05) is 13.6 Å². The Morgan fingerprint density at radius 3 is 2.88 bits per heavy atom. The van der Waals surface area contributed by atoms with Gasteiger partial charge in [0.2, 0.25) is 11.8 Å². The van der Waals surface area contributed by atoms with Crippen molar-refractivity contribution in [1.82, 2.24) is 15.5 Å². The van der Waals surface area contributed by atoms with E-state index in [1.807, 2.05) is 0 Å². The van der Waals surface area contributed by atoms with Crippen molar-refractivity contribution in [3.63, 3.8) is 0 Å². The summed E-state index contributed by atoms with van der Waals surface area (Å²) in [5.74, 6) is -0.0460. The predicted molar refractivity (Wildman–Crippen MR) is 66.6 cm³/mol. The zero-order valence-electron chi connectivity index (χ0n) is 11.0. The molecule has 2 unspecified atom stereocenters. The maximum Gasteiger partial charge on any atom is 0.242 e. The highest BCUT2D eigenvalue weighted by atomic mass is 16.2. The SMILES string of the molecule is CCCNC1CCCN(C(C)C(=O)NC)C1=O. The predicted octanol–water partition coefficient (Wildman–Crippen LogP) is 0.112. The summed E-state index contributed by atoms with van der Waals surface area (Å²) < 4.78 is 0. The molecule has 2 atom stereocenters. The summed E-state index contributed by atoms with van der Waals surface area (Å²) in [5, 5.41) is 5.83. The van der Waals surface area contributed by atoms with Crippen LogP contribution in [0.25, 0.3) is 0 Å². The number of carbonyl (C=O) groups is 2. The van der Waals surface area contributed by atoms with Crippen LogP contribution in [-0.2, 0) is 9.59 Å². The first-order valence-corrected chi connectivity index (χ1v) is 6.37. The molecule has 1 rings (SSSR count). The zero-order chi connectivity index (χ0) is 12.8. The normalized spacial score (nSPS) is 22.4. The fourth-order valence-electron chi connectivity index (χ4n) is 2.14. The minimum absolute atomic E-state index is 0.0563. The maximum absolute atomic E-state index is 12.2. The lowest BCUT2D eigenvalue weighted by molar-refractivity contribution is -0.143. The number of carbonyl (C=O) groups excluding carboxylic acids is 2. The van der Waals surface area contributed by atoms with Gasteiger partial charge in [-0.2, -0.15) is 0 Å². The molecule has 1 aliphatic rings. The second-order valence-electron chi connectivity index (χ2n) is 4.47. The number of amides is 2. The Bertz CT molecular complexity index is 281. The number of piperidine rings is 1. The van der Waals surface area contributed by atoms with E-state index in [4.69, 9.17) is 0 Å². The quantitative estimate of drug-likeness (QED) is 0.718. The van der Waals surface area contributed by atoms with E-state index in [1.54, 1.807) is 18.9 Å². The van der Waals surface area contributed by atoms with Crippen molar-refractivity contribution < 1.29 is 9.59 Å². The minimum Gasteiger partial charge on any atom is -0.357 e. The molecule has 0 bridgehead atoms. The molecular formula is C12H23N3O2. The summed E-state index contributed by atoms with van der Waals surface area (Å²) in [6, 6.07) is -0.491. The lowest BCUT2D eigenvalue weighted by Gasteiger charge is -2.36. The average molecular weight is 241 g/mol. The molecule has 0 aromatic rings. The molecule has 1 aliphatic heterocycles. The van der Waals surface area contributed by atoms with Gasteiger partial charge in [-0.3, -0.25) is 9.59 Å². The summed E-state index contributed by atoms with van der Waals surface area (Å²) in [7, 11) is 1.60. The van der Waals surface area contributed by atoms with Gasteiger partial charge in [-0.15, -0.1) is 0 Å². The Kier molecular flexibility index (Phi) is 5.41. The smallest absolute Gasteiger partial charge is 0.242 e. The van der Waals surface area contributed by atoms with Crippen molar-refractivity contribution in [2.45, 2.75) is 45.2 Å². The topological polar surface area (TPSA) is 61.4 Å². The van der Waals surface area contributed by atoms with E-state index < -0.39 is 0 Å². The first-order valence-electron chi connectivity index (χ1n) is 6.37. The highest BCUT2D eigenvalue weighted by Gasteiger charge is 2.33. The molecule has 0 aromatic carbocycles. The number of hydrogen-bond donors (Lipinski definition) is 2. The van der Waals surface area contributed by atoms with Gasteiger partial charge in [0.05, 0.1) is 6.04 Å². The standard InChI is InChI=1S/C12H23N3O2/c1-4-7-14-10-6-5-8-15(12(10)17)9(2)11(16)13-3/h9-10,14H,4-8H2,1-3H3,(H,13,16). The summed E-state index contributed by atoms with van der Waals surface area (Å²) in [6.45, 7) is 5.38. The van der Waals surface area contributed by atoms with Crippen molar-refractivity contribution in [2.24, 2.45) is 0 Å². The number of rotatable bonds is 5. The fraction of sp³-hybridized carbons (Fsp3) is 0.833. The molecule has 1 heterocycles. The molecule has 98 valence electrons. The van der Waals surface area contributed by atoms with Gasteiger partial charge in [0.1, 0.15) is 6.04 Å². The Morgan fingerprint density at radius 2 is 2.29 bits per heavy atom. The van der Waals surface area contributed by atoms with Crippen LogP contribution in [-0.4, -0.2) is 48.9 Å². The maximum atomic E-state index is 12.2. The van der Waals surface area contributed by atoms with Crippen LogP contribution in [0, 0.1) is 0 Å². The number of nitrogens with zero attached hydrogens (tertiary/aromatic N) is 1. The van der Waals surface area contributed by atoms with Gasteiger partial charge in [-0.1, -0.05) is 6.92 Å². The summed E-state index contributed by atoms with van der Waals surface area (Å²) >= 11 is 0. The molecule has 0 radical (unpaired) electrons. The average Bonchev–Trinajstić information content (AvgIpc) is 2.35. The minimum atomic E-state index is -0.376. The lowest BCUT2D eigenvalue weighted by atomic mass is 10.0. The van der Waals surface area contributed by atoms with E-state index in [-0.39, 0.29) is 23.9 Å². The number of likely N-dealkylation sites (tertiary alicyclic amines) is 1. The Hall–Kier alpha value is -1.10. The molecule has 0 spiro atoms. The molecule has 0 aliphatic carbocycles. The van der Waals surface area contributed by atoms with Crippen LogP contribution in [0.4, 0.5) is 0 Å². The van der Waals surface area contributed by atoms with Gasteiger partial charge in [-0.05, 0) is 32.7 Å². The van der Waals surface area contributed by atoms with E-state index in [2.05, 4.69) is 17.6 Å². The largest absolute Gasteiger partial charge is 0.357 e. The first kappa shape index (κ1) is 14.0. The van der Waals surface area contributed by atoms with Gasteiger partial charge >= 0.3 is 0 Å². The Morgan fingerprint density at radius 1 is 1.59 bits per heavy atom. The zero-order valence-corrected chi connectivity index (χ0v) is 11.0. The third kappa shape index (κ3) is 3.43. The lowest BCUT2D eigenvalue weighted by Crippen LogP contribution is -2.56. The molecule has 1 saturated heterocycles. The summed E-state index contributed by atoms with van der Waals surface area (Å²) in [6.07, 6.45) is 2.83. The van der Waals surface area contributed by atoms with Crippen molar-refractivity contribution in [1.29, 1.82) is 0 Å². The molecule has 0 aromatic heterocycles. The second kappa shape index (κ2) is 6.59. The van der Waals surface area contributed by atoms with Crippen LogP contribution in [0.1, 0.15) is 33.1 Å². The van der Waals surface area contributed by atoms with Crippen LogP contribution in [0.2, 0.25) is 0 Å². The molecule has 17 heavy (non-hydrogen) atoms. The van der Waals surface area contributed by atoms with Gasteiger partial charge in [-0.25, -0.2) is 0 Å². The molecule has 2 N–H and O–H groups in total. The third-order valence-corrected chi connectivity index (χ3v) is 3.21. The Labute approximate surface area is 103 Å². The van der Waals surface area contributed by atoms with Crippen molar-refractivity contribution in [3.05, 3.63) is 0 Å². The molecule has 2 amide bonds. The van der Waals surface area contributed by atoms with Crippen LogP contribution in [0.15, 0.2) is 0 Å². The number of nitrogens with one attached hydrogen (secondary N) is 2. The molecule has 5 heteroatoms.